The summed E-state index contributed by atoms with van der Waals surface area (Å²) in [5.74, 6) is -1.02. The van der Waals surface area contributed by atoms with Gasteiger partial charge in [0, 0.05) is 32.5 Å². The number of unbranched alkanes of at least 4 members (excludes halogenated alkanes) is 2. The lowest BCUT2D eigenvalue weighted by atomic mass is 10.2. The first-order valence-corrected chi connectivity index (χ1v) is 7.03. The summed E-state index contributed by atoms with van der Waals surface area (Å²) in [6.45, 7) is 1.46. The van der Waals surface area contributed by atoms with Crippen molar-refractivity contribution in [1.29, 1.82) is 0 Å². The number of aromatic nitrogens is 2. The summed E-state index contributed by atoms with van der Waals surface area (Å²) in [4.78, 5) is 25.6. The van der Waals surface area contributed by atoms with E-state index in [0.717, 1.165) is 44.2 Å². The third-order valence-corrected chi connectivity index (χ3v) is 3.40. The molecule has 1 aromatic rings. The molecule has 0 radical (unpaired) electrons. The van der Waals surface area contributed by atoms with Gasteiger partial charge in [0.15, 0.2) is 5.16 Å². The Hall–Kier alpha value is -1.34. The quantitative estimate of drug-likeness (QED) is 0.418. The fraction of sp³-hybridized carbons (Fsp3) is 0.583. The molecule has 0 bridgehead atoms. The molecular weight excluding hydrogens is 268 g/mol. The average Bonchev–Trinajstić information content (AvgIpc) is 2.38. The smallest absolute Gasteiger partial charge is 0.313 e. The van der Waals surface area contributed by atoms with Crippen LogP contribution in [0.15, 0.2) is 22.2 Å². The zero-order valence-electron chi connectivity index (χ0n) is 10.9. The van der Waals surface area contributed by atoms with Crippen LogP contribution in [-0.4, -0.2) is 40.1 Å². The van der Waals surface area contributed by atoms with Crippen LogP contribution in [0.4, 0.5) is 0 Å². The Morgan fingerprint density at radius 3 is 2.95 bits per heavy atom. The van der Waals surface area contributed by atoms with E-state index in [1.807, 2.05) is 4.57 Å². The van der Waals surface area contributed by atoms with E-state index in [1.54, 1.807) is 13.3 Å². The largest absolute Gasteiger partial charge is 0.481 e. The third kappa shape index (κ3) is 6.40. The maximum absolute atomic E-state index is 11.2. The number of nitrogens with zero attached hydrogens (tertiary/aromatic N) is 2. The zero-order valence-corrected chi connectivity index (χ0v) is 11.7. The second-order valence-electron chi connectivity index (χ2n) is 3.98. The first-order chi connectivity index (χ1) is 9.13. The monoisotopic (exact) mass is 286 g/mol. The molecule has 0 amide bonds. The van der Waals surface area contributed by atoms with Crippen molar-refractivity contribution in [1.82, 2.24) is 9.55 Å². The van der Waals surface area contributed by atoms with Crippen molar-refractivity contribution in [2.24, 2.45) is 0 Å². The van der Waals surface area contributed by atoms with Crippen LogP contribution >= 0.6 is 11.8 Å². The molecule has 0 saturated carbocycles. The van der Waals surface area contributed by atoms with Gasteiger partial charge in [0.2, 0.25) is 0 Å². The van der Waals surface area contributed by atoms with Gasteiger partial charge in [-0.25, -0.2) is 0 Å². The highest BCUT2D eigenvalue weighted by molar-refractivity contribution is 7.99. The highest BCUT2D eigenvalue weighted by Gasteiger charge is 2.06. The molecule has 0 aromatic carbocycles. The number of thioether (sulfide) groups is 1. The van der Waals surface area contributed by atoms with Gasteiger partial charge in [-0.3, -0.25) is 9.59 Å². The molecule has 19 heavy (non-hydrogen) atoms. The number of carboxylic acids is 1. The van der Waals surface area contributed by atoms with Gasteiger partial charge in [-0.2, -0.15) is 4.98 Å². The van der Waals surface area contributed by atoms with Crippen LogP contribution in [0.5, 0.6) is 0 Å². The molecule has 1 N–H and O–H groups in total. The summed E-state index contributed by atoms with van der Waals surface area (Å²) in [6.07, 6.45) is 4.61. The Bertz CT molecular complexity index is 461. The lowest BCUT2D eigenvalue weighted by Crippen LogP contribution is -2.14. The highest BCUT2D eigenvalue weighted by atomic mass is 32.2. The van der Waals surface area contributed by atoms with Gasteiger partial charge in [0.05, 0.1) is 5.75 Å². The summed E-state index contributed by atoms with van der Waals surface area (Å²) in [5, 5.41) is 9.12. The molecule has 6 nitrogen and oxygen atoms in total. The second-order valence-corrected chi connectivity index (χ2v) is 4.92. The van der Waals surface area contributed by atoms with Crippen molar-refractivity contribution in [3.05, 3.63) is 22.6 Å². The maximum Gasteiger partial charge on any atom is 0.313 e. The number of aliphatic carboxylic acids is 1. The van der Waals surface area contributed by atoms with E-state index >= 15 is 0 Å². The van der Waals surface area contributed by atoms with Gasteiger partial charge >= 0.3 is 5.97 Å². The molecule has 0 unspecified atom stereocenters. The molecule has 1 heterocycles. The van der Waals surface area contributed by atoms with E-state index in [-0.39, 0.29) is 11.3 Å². The summed E-state index contributed by atoms with van der Waals surface area (Å²) >= 11 is 1.07. The Labute approximate surface area is 115 Å². The van der Waals surface area contributed by atoms with Gasteiger partial charge in [0.1, 0.15) is 0 Å². The molecule has 0 saturated heterocycles. The van der Waals surface area contributed by atoms with Crippen molar-refractivity contribution in [2.45, 2.75) is 31.0 Å². The second kappa shape index (κ2) is 8.71. The molecule has 7 heteroatoms. The van der Waals surface area contributed by atoms with Gasteiger partial charge in [-0.15, -0.1) is 0 Å². The summed E-state index contributed by atoms with van der Waals surface area (Å²) in [6, 6.07) is 1.39. The number of rotatable bonds is 9. The number of ether oxygens (including phenoxy) is 1. The number of carboxylic acid groups (broad SMARTS) is 1. The minimum atomic E-state index is -0.922. The Morgan fingerprint density at radius 1 is 1.47 bits per heavy atom. The Kier molecular flexibility index (Phi) is 7.20. The van der Waals surface area contributed by atoms with Gasteiger partial charge in [-0.05, 0) is 19.3 Å². The molecule has 0 aliphatic carbocycles. The van der Waals surface area contributed by atoms with Crippen LogP contribution in [0.2, 0.25) is 0 Å². The van der Waals surface area contributed by atoms with Gasteiger partial charge < -0.3 is 14.4 Å². The Balaban J connectivity index is 2.55. The molecule has 0 fully saturated rings. The number of carbonyl (C=O) groups is 1. The molecule has 0 atom stereocenters. The average molecular weight is 286 g/mol. The lowest BCUT2D eigenvalue weighted by Gasteiger charge is -2.10. The predicted octanol–water partition coefficient (Wildman–Crippen LogP) is 1.24. The van der Waals surface area contributed by atoms with Crippen LogP contribution in [0.1, 0.15) is 19.3 Å². The number of aryl methyl sites for hydroxylation is 1. The SMILES string of the molecule is COCCCCCn1ccc(=O)nc1SCC(=O)O. The number of hydrogen-bond donors (Lipinski definition) is 1. The molecule has 1 rings (SSSR count). The van der Waals surface area contributed by atoms with Crippen molar-refractivity contribution in [2.75, 3.05) is 19.5 Å². The lowest BCUT2D eigenvalue weighted by molar-refractivity contribution is -0.133. The number of methoxy groups -OCH3 is 1. The molecule has 106 valence electrons. The summed E-state index contributed by atoms with van der Waals surface area (Å²) in [5.41, 5.74) is -0.344. The topological polar surface area (TPSA) is 81.4 Å². The summed E-state index contributed by atoms with van der Waals surface area (Å²) < 4.78 is 6.79. The van der Waals surface area contributed by atoms with E-state index < -0.39 is 5.97 Å². The minimum Gasteiger partial charge on any atom is -0.481 e. The normalized spacial score (nSPS) is 10.6. The van der Waals surface area contributed by atoms with Crippen molar-refractivity contribution < 1.29 is 14.6 Å². The molecule has 1 aromatic heterocycles. The van der Waals surface area contributed by atoms with Crippen LogP contribution in [0, 0.1) is 0 Å². The number of hydrogen-bond acceptors (Lipinski definition) is 5. The van der Waals surface area contributed by atoms with E-state index in [1.165, 1.54) is 6.07 Å². The minimum absolute atomic E-state index is 0.0971. The fourth-order valence-corrected chi connectivity index (χ4v) is 2.26. The van der Waals surface area contributed by atoms with E-state index in [2.05, 4.69) is 4.98 Å². The predicted molar refractivity (Wildman–Crippen MR) is 72.6 cm³/mol. The maximum atomic E-state index is 11.2. The molecule has 0 aliphatic rings. The first kappa shape index (κ1) is 15.7. The van der Waals surface area contributed by atoms with Crippen LogP contribution in [-0.2, 0) is 16.1 Å². The van der Waals surface area contributed by atoms with Crippen LogP contribution in [0.3, 0.4) is 0 Å². The van der Waals surface area contributed by atoms with Crippen LogP contribution in [0.25, 0.3) is 0 Å². The Morgan fingerprint density at radius 2 is 2.26 bits per heavy atom. The van der Waals surface area contributed by atoms with E-state index in [4.69, 9.17) is 9.84 Å². The highest BCUT2D eigenvalue weighted by Crippen LogP contribution is 2.14. The van der Waals surface area contributed by atoms with Crippen molar-refractivity contribution >= 4 is 17.7 Å². The van der Waals surface area contributed by atoms with Gasteiger partial charge in [-0.1, -0.05) is 11.8 Å². The van der Waals surface area contributed by atoms with Crippen LogP contribution < -0.4 is 5.56 Å². The van der Waals surface area contributed by atoms with Gasteiger partial charge in [0.25, 0.3) is 5.56 Å². The standard InChI is InChI=1S/C12H18N2O4S/c1-18-8-4-2-3-6-14-7-5-10(15)13-12(14)19-9-11(16)17/h5,7H,2-4,6,8-9H2,1H3,(H,16,17). The zero-order chi connectivity index (χ0) is 14.1. The first-order valence-electron chi connectivity index (χ1n) is 6.04. The molecule has 0 spiro atoms. The summed E-state index contributed by atoms with van der Waals surface area (Å²) in [7, 11) is 1.67. The van der Waals surface area contributed by atoms with E-state index in [9.17, 15) is 9.59 Å². The molecular formula is C12H18N2O4S. The molecule has 0 aliphatic heterocycles. The van der Waals surface area contributed by atoms with E-state index in [0.29, 0.717) is 5.16 Å². The fourth-order valence-electron chi connectivity index (χ4n) is 1.53. The van der Waals surface area contributed by atoms with Crippen molar-refractivity contribution in [3.8, 4) is 0 Å². The van der Waals surface area contributed by atoms with Crippen molar-refractivity contribution in [3.63, 3.8) is 0 Å². The third-order valence-electron chi connectivity index (χ3n) is 2.42.